The third kappa shape index (κ3) is 2.95. The molecular formula is C21H18N2O2S. The van der Waals surface area contributed by atoms with Gasteiger partial charge in [-0.3, -0.25) is 14.5 Å². The number of hydrogen-bond acceptors (Lipinski definition) is 3. The number of carbonyl (C=O) groups excluding carboxylic acids is 2. The molecule has 0 saturated carbocycles. The van der Waals surface area contributed by atoms with Crippen LogP contribution in [0, 0.1) is 0 Å². The number of thioether (sulfide) groups is 1. The van der Waals surface area contributed by atoms with E-state index in [9.17, 15) is 9.59 Å². The van der Waals surface area contributed by atoms with E-state index in [0.717, 1.165) is 36.0 Å². The molecule has 1 aromatic heterocycles. The molecule has 1 aliphatic heterocycles. The molecule has 1 saturated heterocycles. The first-order chi connectivity index (χ1) is 12.6. The Bertz CT molecular complexity index is 1010. The number of nitrogens with zero attached hydrogens (tertiary/aromatic N) is 2. The van der Waals surface area contributed by atoms with E-state index < -0.39 is 0 Å². The van der Waals surface area contributed by atoms with Gasteiger partial charge in [-0.25, -0.2) is 0 Å². The summed E-state index contributed by atoms with van der Waals surface area (Å²) in [6, 6.07) is 18.3. The lowest BCUT2D eigenvalue weighted by Gasteiger charge is -2.16. The van der Waals surface area contributed by atoms with Gasteiger partial charge in [0.25, 0.3) is 5.24 Å². The molecule has 2 aromatic carbocycles. The maximum absolute atomic E-state index is 12.2. The number of rotatable bonds is 5. The Balaban J connectivity index is 1.58. The van der Waals surface area contributed by atoms with Crippen molar-refractivity contribution in [1.82, 2.24) is 4.57 Å². The van der Waals surface area contributed by atoms with Gasteiger partial charge in [0.2, 0.25) is 5.12 Å². The van der Waals surface area contributed by atoms with E-state index in [1.807, 2.05) is 36.5 Å². The monoisotopic (exact) mass is 362 g/mol. The second-order valence-corrected chi connectivity index (χ2v) is 7.17. The molecule has 3 aromatic rings. The molecule has 4 nitrogen and oxygen atoms in total. The molecule has 0 bridgehead atoms. The van der Waals surface area contributed by atoms with Crippen LogP contribution in [0.5, 0.6) is 0 Å². The Hall–Kier alpha value is -2.79. The Morgan fingerprint density at radius 2 is 1.77 bits per heavy atom. The summed E-state index contributed by atoms with van der Waals surface area (Å²) in [5.74, 6) is 0. The van der Waals surface area contributed by atoms with Crippen molar-refractivity contribution in [2.45, 2.75) is 19.4 Å². The van der Waals surface area contributed by atoms with Crippen molar-refractivity contribution in [3.63, 3.8) is 0 Å². The van der Waals surface area contributed by atoms with E-state index in [1.54, 1.807) is 0 Å². The van der Waals surface area contributed by atoms with Crippen molar-refractivity contribution in [2.75, 3.05) is 4.90 Å². The predicted molar refractivity (Wildman–Crippen MR) is 106 cm³/mol. The van der Waals surface area contributed by atoms with Gasteiger partial charge < -0.3 is 4.57 Å². The lowest BCUT2D eigenvalue weighted by atomic mass is 10.1. The summed E-state index contributed by atoms with van der Waals surface area (Å²) in [6.45, 7) is 4.66. The number of amides is 1. The highest BCUT2D eigenvalue weighted by Crippen LogP contribution is 2.37. The summed E-state index contributed by atoms with van der Waals surface area (Å²) in [7, 11) is 0. The molecule has 26 heavy (non-hydrogen) atoms. The average Bonchev–Trinajstić information content (AvgIpc) is 3.17. The van der Waals surface area contributed by atoms with Crippen LogP contribution in [0.4, 0.5) is 10.5 Å². The first kappa shape index (κ1) is 16.7. The molecule has 5 heteroatoms. The second-order valence-electron chi connectivity index (χ2n) is 6.25. The zero-order valence-electron chi connectivity index (χ0n) is 14.2. The van der Waals surface area contributed by atoms with Crippen molar-refractivity contribution in [2.24, 2.45) is 0 Å². The van der Waals surface area contributed by atoms with E-state index in [-0.39, 0.29) is 16.1 Å². The SMILES string of the molecule is C=C1C(=O)SC(=O)N1c1cccc2c1ccn2CCCc1ccccc1. The number of carbonyl (C=O) groups is 2. The molecule has 4 rings (SSSR count). The highest BCUT2D eigenvalue weighted by Gasteiger charge is 2.35. The highest BCUT2D eigenvalue weighted by molar-refractivity contribution is 8.27. The van der Waals surface area contributed by atoms with Gasteiger partial charge in [-0.1, -0.05) is 43.0 Å². The normalized spacial score (nSPS) is 14.6. The third-order valence-corrected chi connectivity index (χ3v) is 5.39. The molecule has 0 atom stereocenters. The average molecular weight is 362 g/mol. The van der Waals surface area contributed by atoms with Crippen LogP contribution >= 0.6 is 11.8 Å². The van der Waals surface area contributed by atoms with Gasteiger partial charge in [0.15, 0.2) is 0 Å². The summed E-state index contributed by atoms with van der Waals surface area (Å²) in [5, 5.41) is 0.385. The van der Waals surface area contributed by atoms with Crippen molar-refractivity contribution in [3.05, 3.63) is 78.6 Å². The van der Waals surface area contributed by atoms with Crippen LogP contribution < -0.4 is 4.90 Å². The number of aryl methyl sites for hydroxylation is 2. The van der Waals surface area contributed by atoms with Crippen molar-refractivity contribution < 1.29 is 9.59 Å². The van der Waals surface area contributed by atoms with Crippen molar-refractivity contribution >= 4 is 38.7 Å². The first-order valence-corrected chi connectivity index (χ1v) is 9.34. The maximum Gasteiger partial charge on any atom is 0.298 e. The number of fused-ring (bicyclic) bond motifs is 1. The van der Waals surface area contributed by atoms with Crippen LogP contribution in [0.2, 0.25) is 0 Å². The molecule has 0 spiro atoms. The fraction of sp³-hybridized carbons (Fsp3) is 0.143. The molecule has 1 fully saturated rings. The minimum Gasteiger partial charge on any atom is -0.347 e. The van der Waals surface area contributed by atoms with Gasteiger partial charge in [0, 0.05) is 29.9 Å². The van der Waals surface area contributed by atoms with Crippen LogP contribution in [0.15, 0.2) is 73.1 Å². The van der Waals surface area contributed by atoms with Gasteiger partial charge in [-0.2, -0.15) is 0 Å². The Morgan fingerprint density at radius 1 is 0.962 bits per heavy atom. The topological polar surface area (TPSA) is 42.3 Å². The van der Waals surface area contributed by atoms with E-state index >= 15 is 0 Å². The van der Waals surface area contributed by atoms with Gasteiger partial charge in [0.1, 0.15) is 0 Å². The van der Waals surface area contributed by atoms with Crippen LogP contribution in [0.1, 0.15) is 12.0 Å². The van der Waals surface area contributed by atoms with Gasteiger partial charge in [-0.05, 0) is 36.6 Å². The molecule has 0 N–H and O–H groups in total. The number of hydrogen-bond donors (Lipinski definition) is 0. The lowest BCUT2D eigenvalue weighted by molar-refractivity contribution is -0.107. The Morgan fingerprint density at radius 3 is 2.50 bits per heavy atom. The zero-order valence-corrected chi connectivity index (χ0v) is 15.0. The van der Waals surface area contributed by atoms with Gasteiger partial charge >= 0.3 is 0 Å². The quantitative estimate of drug-likeness (QED) is 0.601. The smallest absolute Gasteiger partial charge is 0.298 e. The minimum atomic E-state index is -0.288. The van der Waals surface area contributed by atoms with Crippen molar-refractivity contribution in [1.29, 1.82) is 0 Å². The summed E-state index contributed by atoms with van der Waals surface area (Å²) >= 11 is 0.700. The van der Waals surface area contributed by atoms with E-state index in [1.165, 1.54) is 10.5 Å². The number of aromatic nitrogens is 1. The van der Waals surface area contributed by atoms with E-state index in [4.69, 9.17) is 0 Å². The molecule has 2 heterocycles. The molecule has 130 valence electrons. The number of benzene rings is 2. The summed E-state index contributed by atoms with van der Waals surface area (Å²) < 4.78 is 2.19. The van der Waals surface area contributed by atoms with Crippen LogP contribution in [0.3, 0.4) is 0 Å². The van der Waals surface area contributed by atoms with Crippen LogP contribution in [-0.4, -0.2) is 14.9 Å². The van der Waals surface area contributed by atoms with E-state index in [2.05, 4.69) is 35.4 Å². The highest BCUT2D eigenvalue weighted by atomic mass is 32.2. The molecular weight excluding hydrogens is 344 g/mol. The molecule has 1 amide bonds. The van der Waals surface area contributed by atoms with Gasteiger partial charge in [-0.15, -0.1) is 0 Å². The second kappa shape index (κ2) is 6.84. The summed E-state index contributed by atoms with van der Waals surface area (Å²) in [4.78, 5) is 25.4. The third-order valence-electron chi connectivity index (χ3n) is 4.61. The largest absolute Gasteiger partial charge is 0.347 e. The summed E-state index contributed by atoms with van der Waals surface area (Å²) in [6.07, 6.45) is 4.09. The lowest BCUT2D eigenvalue weighted by Crippen LogP contribution is -2.20. The van der Waals surface area contributed by atoms with Crippen molar-refractivity contribution in [3.8, 4) is 0 Å². The van der Waals surface area contributed by atoms with Crippen LogP contribution in [0.25, 0.3) is 10.9 Å². The molecule has 0 unspecified atom stereocenters. The summed E-state index contributed by atoms with van der Waals surface area (Å²) in [5.41, 5.74) is 3.33. The standard InChI is InChI=1S/C21H18N2O2S/c1-15-20(24)26-21(25)23(15)19-11-5-10-18-17(19)12-14-22(18)13-6-9-16-7-3-2-4-8-16/h2-5,7-8,10-12,14H,1,6,9,13H2. The molecule has 1 aliphatic rings. The fourth-order valence-electron chi connectivity index (χ4n) is 3.32. The van der Waals surface area contributed by atoms with Gasteiger partial charge in [0.05, 0.1) is 16.9 Å². The predicted octanol–water partition coefficient (Wildman–Crippen LogP) is 4.99. The Kier molecular flexibility index (Phi) is 4.39. The molecule has 0 radical (unpaired) electrons. The molecule has 0 aliphatic carbocycles. The number of anilines is 1. The van der Waals surface area contributed by atoms with E-state index in [0.29, 0.717) is 11.8 Å². The maximum atomic E-state index is 12.2. The zero-order chi connectivity index (χ0) is 18.1. The van der Waals surface area contributed by atoms with Crippen LogP contribution in [-0.2, 0) is 17.8 Å². The minimum absolute atomic E-state index is 0.226. The first-order valence-electron chi connectivity index (χ1n) is 8.52. The Labute approximate surface area is 156 Å². The fourth-order valence-corrected chi connectivity index (χ4v) is 3.99.